The van der Waals surface area contributed by atoms with E-state index < -0.39 is 5.97 Å². The zero-order valence-electron chi connectivity index (χ0n) is 14.1. The Labute approximate surface area is 154 Å². The maximum absolute atomic E-state index is 12.6. The highest BCUT2D eigenvalue weighted by molar-refractivity contribution is 6.31. The van der Waals surface area contributed by atoms with Gasteiger partial charge in [0, 0.05) is 22.2 Å². The molecule has 0 aliphatic heterocycles. The van der Waals surface area contributed by atoms with E-state index in [-0.39, 0.29) is 11.6 Å². The lowest BCUT2D eigenvalue weighted by molar-refractivity contribution is 0.0594. The maximum Gasteiger partial charge on any atom is 0.356 e. The first-order valence-electron chi connectivity index (χ1n) is 7.65. The molecule has 7 heteroatoms. The Bertz CT molecular complexity index is 1000. The molecule has 1 N–H and O–H groups in total. The standard InChI is InChI=1S/C19H15ClN2O4/c1-25-14-7-12(6-13(20)9-14)18(23)22-16-5-3-4-11-8-17(19(24)26-2)21-10-15(11)16/h3-10H,1-2H3,(H,22,23). The van der Waals surface area contributed by atoms with Crippen LogP contribution in [0.1, 0.15) is 20.8 Å². The van der Waals surface area contributed by atoms with Crippen molar-refractivity contribution >= 4 is 39.9 Å². The average Bonchev–Trinajstić information content (AvgIpc) is 2.66. The Morgan fingerprint density at radius 1 is 1.12 bits per heavy atom. The zero-order valence-corrected chi connectivity index (χ0v) is 14.8. The van der Waals surface area contributed by atoms with Gasteiger partial charge in [-0.25, -0.2) is 9.78 Å². The average molecular weight is 371 g/mol. The first-order valence-corrected chi connectivity index (χ1v) is 8.02. The third-order valence-electron chi connectivity index (χ3n) is 3.78. The van der Waals surface area contributed by atoms with Crippen LogP contribution in [0.5, 0.6) is 5.75 Å². The Hall–Kier alpha value is -3.12. The van der Waals surface area contributed by atoms with Crippen LogP contribution in [0.3, 0.4) is 0 Å². The predicted octanol–water partition coefficient (Wildman–Crippen LogP) is 3.94. The molecule has 0 atom stereocenters. The summed E-state index contributed by atoms with van der Waals surface area (Å²) >= 11 is 6.02. The number of amides is 1. The maximum atomic E-state index is 12.6. The van der Waals surface area contributed by atoms with Crippen molar-refractivity contribution in [3.8, 4) is 5.75 Å². The number of hydrogen-bond donors (Lipinski definition) is 1. The number of carbonyl (C=O) groups is 2. The largest absolute Gasteiger partial charge is 0.497 e. The van der Waals surface area contributed by atoms with E-state index in [1.54, 1.807) is 36.4 Å². The van der Waals surface area contributed by atoms with Gasteiger partial charge in [0.25, 0.3) is 5.91 Å². The number of hydrogen-bond acceptors (Lipinski definition) is 5. The highest BCUT2D eigenvalue weighted by Crippen LogP contribution is 2.26. The second-order valence-electron chi connectivity index (χ2n) is 5.42. The lowest BCUT2D eigenvalue weighted by Crippen LogP contribution is -2.12. The fourth-order valence-electron chi connectivity index (χ4n) is 2.50. The summed E-state index contributed by atoms with van der Waals surface area (Å²) in [6.07, 6.45) is 1.52. The molecular formula is C19H15ClN2O4. The van der Waals surface area contributed by atoms with E-state index in [1.165, 1.54) is 20.4 Å². The Balaban J connectivity index is 1.94. The number of pyridine rings is 1. The van der Waals surface area contributed by atoms with Crippen molar-refractivity contribution < 1.29 is 19.1 Å². The smallest absolute Gasteiger partial charge is 0.356 e. The van der Waals surface area contributed by atoms with Crippen molar-refractivity contribution in [2.45, 2.75) is 0 Å². The van der Waals surface area contributed by atoms with Crippen LogP contribution < -0.4 is 10.1 Å². The molecule has 0 aliphatic rings. The van der Waals surface area contributed by atoms with Crippen molar-refractivity contribution in [1.29, 1.82) is 0 Å². The molecule has 6 nitrogen and oxygen atoms in total. The summed E-state index contributed by atoms with van der Waals surface area (Å²) in [6, 6.07) is 11.7. The first kappa shape index (κ1) is 17.7. The number of esters is 1. The number of carbonyl (C=O) groups excluding carboxylic acids is 2. The molecule has 132 valence electrons. The summed E-state index contributed by atoms with van der Waals surface area (Å²) < 4.78 is 9.81. The number of nitrogens with one attached hydrogen (secondary N) is 1. The van der Waals surface area contributed by atoms with E-state index >= 15 is 0 Å². The summed E-state index contributed by atoms with van der Waals surface area (Å²) in [7, 11) is 2.80. The topological polar surface area (TPSA) is 77.5 Å². The molecule has 0 saturated heterocycles. The third-order valence-corrected chi connectivity index (χ3v) is 3.99. The number of aromatic nitrogens is 1. The molecule has 1 aromatic heterocycles. The fourth-order valence-corrected chi connectivity index (χ4v) is 2.73. The number of anilines is 1. The lowest BCUT2D eigenvalue weighted by Gasteiger charge is -2.10. The van der Waals surface area contributed by atoms with E-state index in [4.69, 9.17) is 16.3 Å². The van der Waals surface area contributed by atoms with Gasteiger partial charge in [-0.15, -0.1) is 0 Å². The van der Waals surface area contributed by atoms with Gasteiger partial charge in [-0.2, -0.15) is 0 Å². The van der Waals surface area contributed by atoms with E-state index in [0.717, 1.165) is 5.39 Å². The molecule has 2 aromatic carbocycles. The van der Waals surface area contributed by atoms with Gasteiger partial charge in [0.15, 0.2) is 0 Å². The van der Waals surface area contributed by atoms with Crippen LogP contribution in [0, 0.1) is 0 Å². The third kappa shape index (κ3) is 3.60. The van der Waals surface area contributed by atoms with Gasteiger partial charge in [-0.05, 0) is 35.7 Å². The van der Waals surface area contributed by atoms with Crippen molar-refractivity contribution in [3.63, 3.8) is 0 Å². The van der Waals surface area contributed by atoms with E-state index in [9.17, 15) is 9.59 Å². The number of fused-ring (bicyclic) bond motifs is 1. The minimum Gasteiger partial charge on any atom is -0.497 e. The molecule has 3 aromatic rings. The number of methoxy groups -OCH3 is 2. The quantitative estimate of drug-likeness (QED) is 0.704. The van der Waals surface area contributed by atoms with Crippen LogP contribution in [0.15, 0.2) is 48.7 Å². The monoisotopic (exact) mass is 370 g/mol. The lowest BCUT2D eigenvalue weighted by atomic mass is 10.1. The molecular weight excluding hydrogens is 356 g/mol. The van der Waals surface area contributed by atoms with Gasteiger partial charge in [0.2, 0.25) is 0 Å². The minimum absolute atomic E-state index is 0.197. The minimum atomic E-state index is -0.521. The van der Waals surface area contributed by atoms with Crippen LogP contribution in [-0.2, 0) is 4.74 Å². The molecule has 0 aliphatic carbocycles. The number of ether oxygens (including phenoxy) is 2. The normalized spacial score (nSPS) is 10.4. The van der Waals surface area contributed by atoms with Gasteiger partial charge in [-0.3, -0.25) is 4.79 Å². The number of rotatable bonds is 4. The SMILES string of the molecule is COC(=O)c1cc2cccc(NC(=O)c3cc(Cl)cc(OC)c3)c2cn1. The van der Waals surface area contributed by atoms with Crippen LogP contribution >= 0.6 is 11.6 Å². The zero-order chi connectivity index (χ0) is 18.7. The summed E-state index contributed by atoms with van der Waals surface area (Å²) in [5.74, 6) is -0.368. The Morgan fingerprint density at radius 3 is 2.65 bits per heavy atom. The van der Waals surface area contributed by atoms with Crippen LogP contribution in [-0.4, -0.2) is 31.1 Å². The first-order chi connectivity index (χ1) is 12.5. The van der Waals surface area contributed by atoms with E-state index in [1.807, 2.05) is 6.07 Å². The molecule has 0 saturated carbocycles. The van der Waals surface area contributed by atoms with E-state index in [0.29, 0.717) is 27.4 Å². The van der Waals surface area contributed by atoms with Gasteiger partial charge < -0.3 is 14.8 Å². The summed E-state index contributed by atoms with van der Waals surface area (Å²) in [6.45, 7) is 0. The summed E-state index contributed by atoms with van der Waals surface area (Å²) in [5, 5.41) is 4.68. The highest BCUT2D eigenvalue weighted by Gasteiger charge is 2.13. The number of benzene rings is 2. The van der Waals surface area contributed by atoms with Crippen LogP contribution in [0.2, 0.25) is 5.02 Å². The van der Waals surface area contributed by atoms with Crippen molar-refractivity contribution in [2.75, 3.05) is 19.5 Å². The summed E-state index contributed by atoms with van der Waals surface area (Å²) in [5.41, 5.74) is 1.13. The highest BCUT2D eigenvalue weighted by atomic mass is 35.5. The van der Waals surface area contributed by atoms with Gasteiger partial charge in [-0.1, -0.05) is 23.7 Å². The molecule has 26 heavy (non-hydrogen) atoms. The van der Waals surface area contributed by atoms with Crippen molar-refractivity contribution in [2.24, 2.45) is 0 Å². The predicted molar refractivity (Wildman–Crippen MR) is 99.0 cm³/mol. The molecule has 1 amide bonds. The molecule has 1 heterocycles. The fraction of sp³-hybridized carbons (Fsp3) is 0.105. The second kappa shape index (κ2) is 7.41. The van der Waals surface area contributed by atoms with E-state index in [2.05, 4.69) is 15.0 Å². The van der Waals surface area contributed by atoms with Gasteiger partial charge in [0.1, 0.15) is 11.4 Å². The molecule has 0 bridgehead atoms. The molecule has 0 unspecified atom stereocenters. The molecule has 3 rings (SSSR count). The van der Waals surface area contributed by atoms with Crippen molar-refractivity contribution in [1.82, 2.24) is 4.98 Å². The molecule has 0 fully saturated rings. The molecule has 0 spiro atoms. The molecule has 0 radical (unpaired) electrons. The Kier molecular flexibility index (Phi) is 5.04. The Morgan fingerprint density at radius 2 is 1.92 bits per heavy atom. The van der Waals surface area contributed by atoms with Crippen molar-refractivity contribution in [3.05, 3.63) is 64.9 Å². The number of halogens is 1. The second-order valence-corrected chi connectivity index (χ2v) is 5.86. The van der Waals surface area contributed by atoms with Crippen LogP contribution in [0.25, 0.3) is 10.8 Å². The van der Waals surface area contributed by atoms with Crippen LogP contribution in [0.4, 0.5) is 5.69 Å². The summed E-state index contributed by atoms with van der Waals surface area (Å²) in [4.78, 5) is 28.3. The van der Waals surface area contributed by atoms with Gasteiger partial charge in [0.05, 0.1) is 19.9 Å². The van der Waals surface area contributed by atoms with Gasteiger partial charge >= 0.3 is 5.97 Å². The number of nitrogens with zero attached hydrogens (tertiary/aromatic N) is 1.